The van der Waals surface area contributed by atoms with Gasteiger partial charge >= 0.3 is 5.97 Å². The van der Waals surface area contributed by atoms with E-state index in [1.807, 2.05) is 32.0 Å². The first-order chi connectivity index (χ1) is 9.74. The maximum atomic E-state index is 11.8. The normalized spacial score (nSPS) is 15.3. The Bertz CT molecular complexity index is 461. The van der Waals surface area contributed by atoms with Crippen molar-refractivity contribution in [2.45, 2.75) is 36.8 Å². The van der Waals surface area contributed by atoms with Gasteiger partial charge in [0.1, 0.15) is 5.25 Å². The minimum atomic E-state index is -0.181. The minimum Gasteiger partial charge on any atom is -0.490 e. The predicted octanol–water partition coefficient (Wildman–Crippen LogP) is 3.28. The standard InChI is InChI=1S/C15H20O4S/c1-3-14(15(16)17-4-2)20-11-6-7-12-13(10-11)19-9-5-8-18-12/h6-7,10,14H,3-5,8-9H2,1-2H3. The molecule has 0 saturated heterocycles. The maximum absolute atomic E-state index is 11.8. The van der Waals surface area contributed by atoms with Gasteiger partial charge in [0, 0.05) is 11.3 Å². The molecule has 20 heavy (non-hydrogen) atoms. The van der Waals surface area contributed by atoms with Crippen molar-refractivity contribution in [3.05, 3.63) is 18.2 Å². The van der Waals surface area contributed by atoms with E-state index in [4.69, 9.17) is 14.2 Å². The Labute approximate surface area is 123 Å². The van der Waals surface area contributed by atoms with Crippen LogP contribution in [-0.2, 0) is 9.53 Å². The van der Waals surface area contributed by atoms with Gasteiger partial charge in [-0.1, -0.05) is 6.92 Å². The monoisotopic (exact) mass is 296 g/mol. The van der Waals surface area contributed by atoms with Crippen LogP contribution in [0.25, 0.3) is 0 Å². The molecule has 1 aromatic carbocycles. The number of carbonyl (C=O) groups is 1. The highest BCUT2D eigenvalue weighted by Gasteiger charge is 2.20. The van der Waals surface area contributed by atoms with Crippen LogP contribution >= 0.6 is 11.8 Å². The largest absolute Gasteiger partial charge is 0.490 e. The molecule has 1 unspecified atom stereocenters. The van der Waals surface area contributed by atoms with Gasteiger partial charge in [-0.3, -0.25) is 4.79 Å². The van der Waals surface area contributed by atoms with E-state index in [2.05, 4.69) is 0 Å². The van der Waals surface area contributed by atoms with Gasteiger partial charge in [0.15, 0.2) is 11.5 Å². The first kappa shape index (κ1) is 15.0. The number of thioether (sulfide) groups is 1. The summed E-state index contributed by atoms with van der Waals surface area (Å²) >= 11 is 1.51. The lowest BCUT2D eigenvalue weighted by Crippen LogP contribution is -2.19. The molecule has 1 aromatic rings. The molecule has 1 aliphatic heterocycles. The summed E-state index contributed by atoms with van der Waals surface area (Å²) in [4.78, 5) is 12.8. The fourth-order valence-corrected chi connectivity index (χ4v) is 2.90. The molecule has 2 rings (SSSR count). The van der Waals surface area contributed by atoms with Crippen molar-refractivity contribution < 1.29 is 19.0 Å². The van der Waals surface area contributed by atoms with Crippen LogP contribution in [0.15, 0.2) is 23.1 Å². The highest BCUT2D eigenvalue weighted by Crippen LogP contribution is 2.36. The Morgan fingerprint density at radius 3 is 2.75 bits per heavy atom. The zero-order valence-electron chi connectivity index (χ0n) is 11.9. The first-order valence-electron chi connectivity index (χ1n) is 6.97. The zero-order chi connectivity index (χ0) is 14.4. The number of hydrogen-bond donors (Lipinski definition) is 0. The second-order valence-corrected chi connectivity index (χ2v) is 5.70. The Balaban J connectivity index is 2.08. The maximum Gasteiger partial charge on any atom is 0.319 e. The van der Waals surface area contributed by atoms with E-state index in [0.29, 0.717) is 19.8 Å². The molecule has 5 heteroatoms. The van der Waals surface area contributed by atoms with E-state index in [1.165, 1.54) is 11.8 Å². The van der Waals surface area contributed by atoms with Crippen molar-refractivity contribution in [1.82, 2.24) is 0 Å². The Morgan fingerprint density at radius 1 is 1.30 bits per heavy atom. The molecule has 0 bridgehead atoms. The van der Waals surface area contributed by atoms with Crippen molar-refractivity contribution in [2.75, 3.05) is 19.8 Å². The molecule has 0 N–H and O–H groups in total. The van der Waals surface area contributed by atoms with Gasteiger partial charge < -0.3 is 14.2 Å². The molecule has 0 aliphatic carbocycles. The molecule has 0 spiro atoms. The van der Waals surface area contributed by atoms with Crippen molar-refractivity contribution in [1.29, 1.82) is 0 Å². The third kappa shape index (κ3) is 3.82. The van der Waals surface area contributed by atoms with E-state index in [1.54, 1.807) is 0 Å². The van der Waals surface area contributed by atoms with Crippen LogP contribution in [0.2, 0.25) is 0 Å². The van der Waals surface area contributed by atoms with Crippen molar-refractivity contribution in [2.24, 2.45) is 0 Å². The molecule has 4 nitrogen and oxygen atoms in total. The van der Waals surface area contributed by atoms with Crippen molar-refractivity contribution in [3.8, 4) is 11.5 Å². The summed E-state index contributed by atoms with van der Waals surface area (Å²) < 4.78 is 16.3. The van der Waals surface area contributed by atoms with Crippen LogP contribution in [0.3, 0.4) is 0 Å². The first-order valence-corrected chi connectivity index (χ1v) is 7.85. The van der Waals surface area contributed by atoms with Crippen LogP contribution in [0.4, 0.5) is 0 Å². The summed E-state index contributed by atoms with van der Waals surface area (Å²) in [6.07, 6.45) is 1.62. The van der Waals surface area contributed by atoms with E-state index in [9.17, 15) is 4.79 Å². The number of rotatable bonds is 5. The summed E-state index contributed by atoms with van der Waals surface area (Å²) in [7, 11) is 0. The summed E-state index contributed by atoms with van der Waals surface area (Å²) in [5.41, 5.74) is 0. The molecule has 110 valence electrons. The third-order valence-electron chi connectivity index (χ3n) is 2.92. The van der Waals surface area contributed by atoms with Gasteiger partial charge in [0.05, 0.1) is 19.8 Å². The molecular weight excluding hydrogens is 276 g/mol. The molecule has 0 fully saturated rings. The smallest absolute Gasteiger partial charge is 0.319 e. The highest BCUT2D eigenvalue weighted by molar-refractivity contribution is 8.00. The lowest BCUT2D eigenvalue weighted by Gasteiger charge is -2.14. The molecule has 0 saturated carbocycles. The number of benzene rings is 1. The van der Waals surface area contributed by atoms with Crippen LogP contribution in [0.1, 0.15) is 26.7 Å². The number of ether oxygens (including phenoxy) is 3. The lowest BCUT2D eigenvalue weighted by molar-refractivity contribution is -0.142. The van der Waals surface area contributed by atoms with Gasteiger partial charge in [0.25, 0.3) is 0 Å². The minimum absolute atomic E-state index is 0.160. The summed E-state index contributed by atoms with van der Waals surface area (Å²) in [6.45, 7) is 5.56. The topological polar surface area (TPSA) is 44.8 Å². The fourth-order valence-electron chi connectivity index (χ4n) is 1.91. The van der Waals surface area contributed by atoms with Gasteiger partial charge in [-0.15, -0.1) is 11.8 Å². The number of hydrogen-bond acceptors (Lipinski definition) is 5. The average molecular weight is 296 g/mol. The van der Waals surface area contributed by atoms with Gasteiger partial charge in [-0.25, -0.2) is 0 Å². The molecule has 0 aromatic heterocycles. The summed E-state index contributed by atoms with van der Waals surface area (Å²) in [5, 5.41) is -0.181. The van der Waals surface area contributed by atoms with Crippen molar-refractivity contribution >= 4 is 17.7 Å². The zero-order valence-corrected chi connectivity index (χ0v) is 12.7. The van der Waals surface area contributed by atoms with E-state index >= 15 is 0 Å². The SMILES string of the molecule is CCOC(=O)C(CC)Sc1ccc2c(c1)OCCCO2. The van der Waals surface area contributed by atoms with Gasteiger partial charge in [-0.2, -0.15) is 0 Å². The molecular formula is C15H20O4S. The number of fused-ring (bicyclic) bond motifs is 1. The molecule has 0 radical (unpaired) electrons. The second kappa shape index (κ2) is 7.43. The Hall–Kier alpha value is -1.36. The lowest BCUT2D eigenvalue weighted by atomic mass is 10.3. The molecule has 0 amide bonds. The molecule has 1 atom stereocenters. The van der Waals surface area contributed by atoms with Crippen LogP contribution < -0.4 is 9.47 Å². The van der Waals surface area contributed by atoms with Crippen LogP contribution in [-0.4, -0.2) is 31.0 Å². The summed E-state index contributed by atoms with van der Waals surface area (Å²) in [6, 6.07) is 5.80. The average Bonchev–Trinajstić information content (AvgIpc) is 2.69. The molecule has 1 heterocycles. The predicted molar refractivity (Wildman–Crippen MR) is 78.6 cm³/mol. The fraction of sp³-hybridized carbons (Fsp3) is 0.533. The van der Waals surface area contributed by atoms with E-state index in [0.717, 1.165) is 29.2 Å². The van der Waals surface area contributed by atoms with Gasteiger partial charge in [0.2, 0.25) is 0 Å². The summed E-state index contributed by atoms with van der Waals surface area (Å²) in [5.74, 6) is 1.37. The van der Waals surface area contributed by atoms with Crippen LogP contribution in [0.5, 0.6) is 11.5 Å². The Morgan fingerprint density at radius 2 is 2.05 bits per heavy atom. The Kier molecular flexibility index (Phi) is 5.59. The van der Waals surface area contributed by atoms with Crippen LogP contribution in [0, 0.1) is 0 Å². The van der Waals surface area contributed by atoms with Crippen molar-refractivity contribution in [3.63, 3.8) is 0 Å². The molecule has 1 aliphatic rings. The second-order valence-electron chi connectivity index (χ2n) is 4.43. The highest BCUT2D eigenvalue weighted by atomic mass is 32.2. The third-order valence-corrected chi connectivity index (χ3v) is 4.25. The number of carbonyl (C=O) groups excluding carboxylic acids is 1. The van der Waals surface area contributed by atoms with E-state index in [-0.39, 0.29) is 11.2 Å². The quantitative estimate of drug-likeness (QED) is 0.616. The number of esters is 1. The van der Waals surface area contributed by atoms with Gasteiger partial charge in [-0.05, 0) is 31.5 Å². The van der Waals surface area contributed by atoms with E-state index < -0.39 is 0 Å².